The number of nitrogens with one attached hydrogen (secondary N) is 2. The lowest BCUT2D eigenvalue weighted by atomic mass is 9.90. The number of benzene rings is 2. The molecular formula is C22H26N4O3. The van der Waals surface area contributed by atoms with Crippen LogP contribution in [0, 0.1) is 0 Å². The van der Waals surface area contributed by atoms with Gasteiger partial charge in [0, 0.05) is 38.2 Å². The van der Waals surface area contributed by atoms with E-state index in [-0.39, 0.29) is 11.9 Å². The maximum absolute atomic E-state index is 12.7. The van der Waals surface area contributed by atoms with Crippen LogP contribution in [0.3, 0.4) is 0 Å². The molecule has 2 aromatic rings. The Morgan fingerprint density at radius 1 is 1.14 bits per heavy atom. The van der Waals surface area contributed by atoms with Gasteiger partial charge in [0.25, 0.3) is 5.91 Å². The maximum Gasteiger partial charge on any atom is 0.321 e. The second-order valence-corrected chi connectivity index (χ2v) is 7.39. The molecule has 2 heterocycles. The second kappa shape index (κ2) is 7.66. The van der Waals surface area contributed by atoms with E-state index in [1.54, 1.807) is 12.0 Å². The number of fused-ring (bicyclic) bond motifs is 1. The number of methoxy groups -OCH3 is 1. The molecule has 0 saturated carbocycles. The van der Waals surface area contributed by atoms with Crippen molar-refractivity contribution in [2.45, 2.75) is 25.4 Å². The van der Waals surface area contributed by atoms with Crippen molar-refractivity contribution in [3.8, 4) is 5.75 Å². The number of carbonyl (C=O) groups excluding carboxylic acids is 2. The highest BCUT2D eigenvalue weighted by molar-refractivity contribution is 6.02. The Hall–Kier alpha value is -3.22. The molecule has 0 unspecified atom stereocenters. The maximum atomic E-state index is 12.7. The number of amides is 3. The number of piperidine rings is 1. The van der Waals surface area contributed by atoms with Crippen LogP contribution in [-0.2, 0) is 0 Å². The molecule has 1 saturated heterocycles. The highest BCUT2D eigenvalue weighted by atomic mass is 16.5. The van der Waals surface area contributed by atoms with Crippen LogP contribution in [0.15, 0.2) is 48.5 Å². The Labute approximate surface area is 170 Å². The number of hydrogen-bond acceptors (Lipinski definition) is 4. The molecule has 29 heavy (non-hydrogen) atoms. The van der Waals surface area contributed by atoms with Crippen molar-refractivity contribution < 1.29 is 14.3 Å². The van der Waals surface area contributed by atoms with Gasteiger partial charge in [0.15, 0.2) is 0 Å². The normalized spacial score (nSPS) is 17.5. The van der Waals surface area contributed by atoms with Gasteiger partial charge in [-0.1, -0.05) is 12.1 Å². The van der Waals surface area contributed by atoms with Crippen molar-refractivity contribution >= 4 is 23.3 Å². The van der Waals surface area contributed by atoms with Crippen LogP contribution in [-0.4, -0.2) is 49.2 Å². The minimum atomic E-state index is -0.447. The van der Waals surface area contributed by atoms with Gasteiger partial charge in [-0.2, -0.15) is 0 Å². The minimum Gasteiger partial charge on any atom is -0.497 e. The minimum absolute atomic E-state index is 0.0403. The molecule has 3 amide bonds. The van der Waals surface area contributed by atoms with E-state index in [1.165, 1.54) is 0 Å². The summed E-state index contributed by atoms with van der Waals surface area (Å²) in [5.74, 6) is 0.706. The van der Waals surface area contributed by atoms with Crippen LogP contribution in [0.25, 0.3) is 0 Å². The third-order valence-corrected chi connectivity index (χ3v) is 5.84. The van der Waals surface area contributed by atoms with Gasteiger partial charge in [0.1, 0.15) is 11.4 Å². The molecule has 0 aromatic heterocycles. The molecule has 152 valence electrons. The van der Waals surface area contributed by atoms with Crippen molar-refractivity contribution in [1.29, 1.82) is 0 Å². The number of hydrogen-bond donors (Lipinski definition) is 2. The summed E-state index contributed by atoms with van der Waals surface area (Å²) in [5, 5.41) is 6.16. The summed E-state index contributed by atoms with van der Waals surface area (Å²) < 4.78 is 5.15. The van der Waals surface area contributed by atoms with E-state index in [2.05, 4.69) is 22.5 Å². The zero-order chi connectivity index (χ0) is 20.4. The van der Waals surface area contributed by atoms with Crippen LogP contribution in [0.1, 0.15) is 30.1 Å². The summed E-state index contributed by atoms with van der Waals surface area (Å²) in [6.45, 7) is 4.02. The smallest absolute Gasteiger partial charge is 0.321 e. The number of rotatable bonds is 3. The summed E-state index contributed by atoms with van der Waals surface area (Å²) >= 11 is 0. The number of para-hydroxylation sites is 1. The number of nitrogens with zero attached hydrogens (tertiary/aromatic N) is 2. The van der Waals surface area contributed by atoms with Crippen LogP contribution >= 0.6 is 0 Å². The average Bonchev–Trinajstić information content (AvgIpc) is 2.75. The fraction of sp³-hybridized carbons (Fsp3) is 0.364. The standard InChI is InChI=1S/C22H26N4O3/c1-3-26-19-7-5-4-6-18(19)20(27)24-22(26)12-14-25(15-13-22)21(28)23-16-8-10-17(29-2)11-9-16/h4-11H,3,12-15H2,1-2H3,(H,23,28)(H,24,27). The van der Waals surface area contributed by atoms with Crippen LogP contribution in [0.5, 0.6) is 5.75 Å². The number of urea groups is 1. The van der Waals surface area contributed by atoms with Gasteiger partial charge in [-0.25, -0.2) is 4.79 Å². The van der Waals surface area contributed by atoms with Gasteiger partial charge in [-0.05, 0) is 43.3 Å². The molecule has 4 rings (SSSR count). The first-order chi connectivity index (χ1) is 14.1. The Bertz CT molecular complexity index is 905. The monoisotopic (exact) mass is 394 g/mol. The van der Waals surface area contributed by atoms with Crippen LogP contribution in [0.2, 0.25) is 0 Å². The number of anilines is 2. The largest absolute Gasteiger partial charge is 0.497 e. The van der Waals surface area contributed by atoms with Gasteiger partial charge in [0.05, 0.1) is 18.4 Å². The van der Waals surface area contributed by atoms with E-state index in [0.29, 0.717) is 31.5 Å². The zero-order valence-corrected chi connectivity index (χ0v) is 16.8. The lowest BCUT2D eigenvalue weighted by Crippen LogP contribution is -2.68. The molecular weight excluding hydrogens is 368 g/mol. The van der Waals surface area contributed by atoms with Gasteiger partial charge < -0.3 is 25.2 Å². The third-order valence-electron chi connectivity index (χ3n) is 5.84. The predicted molar refractivity (Wildman–Crippen MR) is 112 cm³/mol. The van der Waals surface area contributed by atoms with E-state index in [9.17, 15) is 9.59 Å². The first-order valence-corrected chi connectivity index (χ1v) is 9.95. The summed E-state index contributed by atoms with van der Waals surface area (Å²) in [5.41, 5.74) is 1.96. The van der Waals surface area contributed by atoms with E-state index >= 15 is 0 Å². The van der Waals surface area contributed by atoms with Crippen molar-refractivity contribution in [3.05, 3.63) is 54.1 Å². The summed E-state index contributed by atoms with van der Waals surface area (Å²) in [6, 6.07) is 14.8. The Morgan fingerprint density at radius 3 is 2.48 bits per heavy atom. The van der Waals surface area contributed by atoms with E-state index in [4.69, 9.17) is 4.74 Å². The topological polar surface area (TPSA) is 73.9 Å². The van der Waals surface area contributed by atoms with Gasteiger partial charge >= 0.3 is 6.03 Å². The molecule has 0 radical (unpaired) electrons. The first-order valence-electron chi connectivity index (χ1n) is 9.95. The first kappa shape index (κ1) is 19.1. The zero-order valence-electron chi connectivity index (χ0n) is 16.8. The highest BCUT2D eigenvalue weighted by Crippen LogP contribution is 2.37. The highest BCUT2D eigenvalue weighted by Gasteiger charge is 2.45. The Kier molecular flexibility index (Phi) is 5.05. The summed E-state index contributed by atoms with van der Waals surface area (Å²) in [6.07, 6.45) is 1.36. The molecule has 2 N–H and O–H groups in total. The molecule has 1 spiro atoms. The molecule has 2 aromatic carbocycles. The molecule has 0 bridgehead atoms. The summed E-state index contributed by atoms with van der Waals surface area (Å²) in [4.78, 5) is 29.4. The van der Waals surface area contributed by atoms with Crippen LogP contribution in [0.4, 0.5) is 16.2 Å². The van der Waals surface area contributed by atoms with Gasteiger partial charge in [-0.15, -0.1) is 0 Å². The number of carbonyl (C=O) groups is 2. The molecule has 7 heteroatoms. The fourth-order valence-electron chi connectivity index (χ4n) is 4.30. The van der Waals surface area contributed by atoms with E-state index in [0.717, 1.165) is 23.7 Å². The van der Waals surface area contributed by atoms with Gasteiger partial charge in [0.2, 0.25) is 0 Å². The Morgan fingerprint density at radius 2 is 1.83 bits per heavy atom. The molecule has 7 nitrogen and oxygen atoms in total. The Balaban J connectivity index is 1.45. The lowest BCUT2D eigenvalue weighted by Gasteiger charge is -2.52. The quantitative estimate of drug-likeness (QED) is 0.838. The second-order valence-electron chi connectivity index (χ2n) is 7.39. The predicted octanol–water partition coefficient (Wildman–Crippen LogP) is 3.29. The molecule has 2 aliphatic heterocycles. The third kappa shape index (κ3) is 3.48. The number of likely N-dealkylation sites (tertiary alicyclic amines) is 1. The molecule has 0 aliphatic carbocycles. The molecule has 1 fully saturated rings. The van der Waals surface area contributed by atoms with Gasteiger partial charge in [-0.3, -0.25) is 4.79 Å². The lowest BCUT2D eigenvalue weighted by molar-refractivity contribution is 0.0808. The molecule has 2 aliphatic rings. The number of ether oxygens (including phenoxy) is 1. The van der Waals surface area contributed by atoms with Crippen molar-refractivity contribution in [3.63, 3.8) is 0 Å². The fourth-order valence-corrected chi connectivity index (χ4v) is 4.30. The average molecular weight is 394 g/mol. The van der Waals surface area contributed by atoms with E-state index in [1.807, 2.05) is 48.5 Å². The van der Waals surface area contributed by atoms with Crippen LogP contribution < -0.4 is 20.3 Å². The van der Waals surface area contributed by atoms with E-state index < -0.39 is 5.66 Å². The summed E-state index contributed by atoms with van der Waals surface area (Å²) in [7, 11) is 1.61. The SMILES string of the molecule is CCN1c2ccccc2C(=O)NC12CCN(C(=O)Nc1ccc(OC)cc1)CC2. The molecule has 0 atom stereocenters. The van der Waals surface area contributed by atoms with Crippen molar-refractivity contribution in [2.24, 2.45) is 0 Å². The van der Waals surface area contributed by atoms with Crippen molar-refractivity contribution in [1.82, 2.24) is 10.2 Å². The van der Waals surface area contributed by atoms with Crippen molar-refractivity contribution in [2.75, 3.05) is 37.0 Å².